The third kappa shape index (κ3) is 7.04. The molecule has 0 aliphatic heterocycles. The zero-order chi connectivity index (χ0) is 17.9. The molecule has 0 saturated carbocycles. The van der Waals surface area contributed by atoms with Crippen LogP contribution in [0, 0.1) is 6.92 Å². The third-order valence-corrected chi connectivity index (χ3v) is 4.55. The molecule has 0 radical (unpaired) electrons. The molecule has 0 aromatic carbocycles. The van der Waals surface area contributed by atoms with Gasteiger partial charge in [-0.15, -0.1) is 0 Å². The lowest BCUT2D eigenvalue weighted by Gasteiger charge is -2.26. The molecule has 0 aliphatic rings. The van der Waals surface area contributed by atoms with Gasteiger partial charge in [-0.25, -0.2) is 0 Å². The zero-order valence-electron chi connectivity index (χ0n) is 16.3. The Kier molecular flexibility index (Phi) is 9.69. The molecule has 24 heavy (non-hydrogen) atoms. The highest BCUT2D eigenvalue weighted by Gasteiger charge is 2.16. The van der Waals surface area contributed by atoms with Crippen molar-refractivity contribution in [1.82, 2.24) is 20.0 Å². The van der Waals surface area contributed by atoms with Crippen molar-refractivity contribution in [2.75, 3.05) is 19.6 Å². The van der Waals surface area contributed by atoms with Crippen molar-refractivity contribution in [3.8, 4) is 0 Å². The highest BCUT2D eigenvalue weighted by Crippen LogP contribution is 2.07. The van der Waals surface area contributed by atoms with Crippen LogP contribution in [0.15, 0.2) is 6.20 Å². The Morgan fingerprint density at radius 3 is 2.25 bits per heavy atom. The molecule has 1 aromatic heterocycles. The van der Waals surface area contributed by atoms with Crippen LogP contribution in [0.3, 0.4) is 0 Å². The van der Waals surface area contributed by atoms with Crippen LogP contribution in [0.2, 0.25) is 0 Å². The van der Waals surface area contributed by atoms with Gasteiger partial charge >= 0.3 is 0 Å². The Balaban J connectivity index is 2.50. The van der Waals surface area contributed by atoms with Gasteiger partial charge in [0, 0.05) is 25.3 Å². The molecule has 0 bridgehead atoms. The summed E-state index contributed by atoms with van der Waals surface area (Å²) in [6.07, 6.45) is 9.18. The van der Waals surface area contributed by atoms with E-state index in [-0.39, 0.29) is 11.9 Å². The lowest BCUT2D eigenvalue weighted by molar-refractivity contribution is 0.0927. The van der Waals surface area contributed by atoms with Gasteiger partial charge < -0.3 is 10.2 Å². The third-order valence-electron chi connectivity index (χ3n) is 4.55. The number of aromatic nitrogens is 2. The summed E-state index contributed by atoms with van der Waals surface area (Å²) in [5, 5.41) is 7.28. The first kappa shape index (κ1) is 20.7. The standard InChI is InChI=1S/C19H36N4O/c1-6-8-10-12-23(13-11-9-7-2)15-16(3)21-19(24)18-14-20-22(5)17(18)4/h14,16H,6-13,15H2,1-5H3,(H,21,24). The number of carbonyl (C=O) groups excluding carboxylic acids is 1. The second-order valence-corrected chi connectivity index (χ2v) is 6.86. The van der Waals surface area contributed by atoms with Gasteiger partial charge in [-0.05, 0) is 39.8 Å². The molecule has 1 unspecified atom stereocenters. The number of rotatable bonds is 12. The summed E-state index contributed by atoms with van der Waals surface area (Å²) in [6, 6.07) is 0.139. The summed E-state index contributed by atoms with van der Waals surface area (Å²) < 4.78 is 1.74. The topological polar surface area (TPSA) is 50.2 Å². The molecule has 0 spiro atoms. The van der Waals surface area contributed by atoms with Crippen LogP contribution in [-0.2, 0) is 7.05 Å². The molecule has 0 aliphatic carbocycles. The Hall–Kier alpha value is -1.36. The number of carbonyl (C=O) groups is 1. The predicted molar refractivity (Wildman–Crippen MR) is 100 cm³/mol. The predicted octanol–water partition coefficient (Wildman–Crippen LogP) is 3.53. The Morgan fingerprint density at radius 2 is 1.79 bits per heavy atom. The lowest BCUT2D eigenvalue weighted by Crippen LogP contribution is -2.42. The highest BCUT2D eigenvalue weighted by atomic mass is 16.1. The van der Waals surface area contributed by atoms with Gasteiger partial charge in [0.2, 0.25) is 0 Å². The van der Waals surface area contributed by atoms with E-state index in [0.29, 0.717) is 5.56 Å². The lowest BCUT2D eigenvalue weighted by atomic mass is 10.2. The number of hydrogen-bond acceptors (Lipinski definition) is 3. The number of unbranched alkanes of at least 4 members (excludes halogenated alkanes) is 4. The van der Waals surface area contributed by atoms with Crippen molar-refractivity contribution >= 4 is 5.91 Å². The maximum atomic E-state index is 12.4. The summed E-state index contributed by atoms with van der Waals surface area (Å²) in [4.78, 5) is 14.9. The zero-order valence-corrected chi connectivity index (χ0v) is 16.3. The first-order valence-corrected chi connectivity index (χ1v) is 9.51. The van der Waals surface area contributed by atoms with Crippen LogP contribution in [0.25, 0.3) is 0 Å². The molecule has 1 aromatic rings. The van der Waals surface area contributed by atoms with E-state index < -0.39 is 0 Å². The maximum absolute atomic E-state index is 12.4. The smallest absolute Gasteiger partial charge is 0.254 e. The van der Waals surface area contributed by atoms with E-state index in [1.165, 1.54) is 38.5 Å². The Labute approximate surface area is 147 Å². The molecule has 0 fully saturated rings. The second-order valence-electron chi connectivity index (χ2n) is 6.86. The van der Waals surface area contributed by atoms with Gasteiger partial charge in [0.25, 0.3) is 5.91 Å². The van der Waals surface area contributed by atoms with E-state index in [9.17, 15) is 4.79 Å². The van der Waals surface area contributed by atoms with Gasteiger partial charge in [-0.1, -0.05) is 39.5 Å². The van der Waals surface area contributed by atoms with E-state index in [1.807, 2.05) is 14.0 Å². The number of hydrogen-bond donors (Lipinski definition) is 1. The summed E-state index contributed by atoms with van der Waals surface area (Å²) in [6.45, 7) is 11.7. The minimum atomic E-state index is -0.0184. The SMILES string of the molecule is CCCCCN(CCCCC)CC(C)NC(=O)c1cnn(C)c1C. The van der Waals surface area contributed by atoms with E-state index in [1.54, 1.807) is 10.9 Å². The summed E-state index contributed by atoms with van der Waals surface area (Å²) in [7, 11) is 1.86. The van der Waals surface area contributed by atoms with Gasteiger partial charge in [-0.2, -0.15) is 5.10 Å². The molecular formula is C19H36N4O. The Morgan fingerprint density at radius 1 is 1.21 bits per heavy atom. The van der Waals surface area contributed by atoms with Gasteiger partial charge in [0.1, 0.15) is 0 Å². The molecule has 0 saturated heterocycles. The number of nitrogens with zero attached hydrogens (tertiary/aromatic N) is 3. The van der Waals surface area contributed by atoms with Crippen molar-refractivity contribution in [2.24, 2.45) is 7.05 Å². The first-order valence-electron chi connectivity index (χ1n) is 9.51. The summed E-state index contributed by atoms with van der Waals surface area (Å²) >= 11 is 0. The van der Waals surface area contributed by atoms with Gasteiger partial charge in [-0.3, -0.25) is 9.48 Å². The molecule has 1 amide bonds. The van der Waals surface area contributed by atoms with Crippen molar-refractivity contribution in [2.45, 2.75) is 72.3 Å². The summed E-state index contributed by atoms with van der Waals surface area (Å²) in [5.41, 5.74) is 1.58. The number of aryl methyl sites for hydroxylation is 1. The van der Waals surface area contributed by atoms with E-state index >= 15 is 0 Å². The van der Waals surface area contributed by atoms with E-state index in [0.717, 1.165) is 25.3 Å². The minimum absolute atomic E-state index is 0.0184. The number of nitrogens with one attached hydrogen (secondary N) is 1. The first-order chi connectivity index (χ1) is 11.5. The fourth-order valence-corrected chi connectivity index (χ4v) is 2.92. The average Bonchev–Trinajstić information content (AvgIpc) is 2.87. The molecule has 1 rings (SSSR count). The van der Waals surface area contributed by atoms with Crippen LogP contribution < -0.4 is 5.32 Å². The van der Waals surface area contributed by atoms with Gasteiger partial charge in [0.15, 0.2) is 0 Å². The molecular weight excluding hydrogens is 300 g/mol. The van der Waals surface area contributed by atoms with Crippen molar-refractivity contribution < 1.29 is 4.79 Å². The van der Waals surface area contributed by atoms with Crippen LogP contribution in [-0.4, -0.2) is 46.3 Å². The van der Waals surface area contributed by atoms with Crippen LogP contribution >= 0.6 is 0 Å². The second kappa shape index (κ2) is 11.2. The quantitative estimate of drug-likeness (QED) is 0.594. The van der Waals surface area contributed by atoms with Crippen LogP contribution in [0.1, 0.15) is 75.3 Å². The normalized spacial score (nSPS) is 12.6. The van der Waals surface area contributed by atoms with Crippen molar-refractivity contribution in [3.05, 3.63) is 17.5 Å². The molecule has 5 nitrogen and oxygen atoms in total. The van der Waals surface area contributed by atoms with Gasteiger partial charge in [0.05, 0.1) is 11.8 Å². The minimum Gasteiger partial charge on any atom is -0.348 e. The molecule has 1 atom stereocenters. The average molecular weight is 337 g/mol. The van der Waals surface area contributed by atoms with Crippen molar-refractivity contribution in [3.63, 3.8) is 0 Å². The van der Waals surface area contributed by atoms with Crippen LogP contribution in [0.5, 0.6) is 0 Å². The van der Waals surface area contributed by atoms with E-state index in [2.05, 4.69) is 36.1 Å². The largest absolute Gasteiger partial charge is 0.348 e. The fraction of sp³-hybridized carbons (Fsp3) is 0.789. The molecule has 1 heterocycles. The molecule has 5 heteroatoms. The van der Waals surface area contributed by atoms with Crippen molar-refractivity contribution in [1.29, 1.82) is 0 Å². The molecule has 138 valence electrons. The summed E-state index contributed by atoms with van der Waals surface area (Å²) in [5.74, 6) is -0.0184. The number of amides is 1. The fourth-order valence-electron chi connectivity index (χ4n) is 2.92. The Bertz CT molecular complexity index is 474. The van der Waals surface area contributed by atoms with Crippen LogP contribution in [0.4, 0.5) is 0 Å². The monoisotopic (exact) mass is 336 g/mol. The molecule has 1 N–H and O–H groups in total. The maximum Gasteiger partial charge on any atom is 0.254 e. The van der Waals surface area contributed by atoms with E-state index in [4.69, 9.17) is 0 Å². The highest BCUT2D eigenvalue weighted by molar-refractivity contribution is 5.95.